The van der Waals surface area contributed by atoms with Gasteiger partial charge >= 0.3 is 0 Å². The van der Waals surface area contributed by atoms with Crippen LogP contribution in [-0.2, 0) is 6.54 Å². The average molecular weight is 277 g/mol. The maximum Gasteiger partial charge on any atom is 0.0492 e. The Labute approximate surface area is 124 Å². The topological polar surface area (TPSA) is 29.9 Å². The lowest BCUT2D eigenvalue weighted by molar-refractivity contribution is 0.218. The van der Waals surface area contributed by atoms with E-state index in [2.05, 4.69) is 41.9 Å². The zero-order valence-electron chi connectivity index (χ0n) is 13.4. The lowest BCUT2D eigenvalue weighted by Crippen LogP contribution is -2.33. The van der Waals surface area contributed by atoms with Crippen molar-refractivity contribution in [2.45, 2.75) is 65.3 Å². The molecule has 1 aliphatic carbocycles. The van der Waals surface area contributed by atoms with E-state index in [1.54, 1.807) is 0 Å². The van der Waals surface area contributed by atoms with Crippen molar-refractivity contribution in [2.75, 3.05) is 13.1 Å². The molecule has 0 spiro atoms. The first-order valence-electron chi connectivity index (χ1n) is 8.52. The lowest BCUT2D eigenvalue weighted by atomic mass is 9.71. The largest absolute Gasteiger partial charge is 0.317 e. The van der Waals surface area contributed by atoms with Crippen LogP contribution in [0.4, 0.5) is 0 Å². The summed E-state index contributed by atoms with van der Waals surface area (Å²) in [6.45, 7) is 10.1. The molecule has 0 bridgehead atoms. The number of hydrogen-bond acceptors (Lipinski definition) is 2. The molecule has 1 aromatic rings. The third kappa shape index (κ3) is 3.63. The molecule has 1 fully saturated rings. The van der Waals surface area contributed by atoms with Gasteiger partial charge in [-0.1, -0.05) is 33.6 Å². The molecule has 0 radical (unpaired) electrons. The minimum atomic E-state index is 0.696. The van der Waals surface area contributed by atoms with Crippen molar-refractivity contribution >= 4 is 0 Å². The highest BCUT2D eigenvalue weighted by atomic mass is 15.3. The van der Waals surface area contributed by atoms with E-state index in [9.17, 15) is 0 Å². The summed E-state index contributed by atoms with van der Waals surface area (Å²) in [6.07, 6.45) is 8.61. The van der Waals surface area contributed by atoms with Gasteiger partial charge in [0.2, 0.25) is 0 Å². The van der Waals surface area contributed by atoms with Crippen LogP contribution in [0.5, 0.6) is 0 Å². The smallest absolute Gasteiger partial charge is 0.0492 e. The van der Waals surface area contributed by atoms with Crippen LogP contribution in [0.2, 0.25) is 0 Å². The van der Waals surface area contributed by atoms with Crippen LogP contribution in [0.1, 0.15) is 64.5 Å². The predicted octanol–water partition coefficient (Wildman–Crippen LogP) is 3.81. The normalized spacial score (nSPS) is 26.9. The van der Waals surface area contributed by atoms with E-state index in [0.29, 0.717) is 5.92 Å². The third-order valence-electron chi connectivity index (χ3n) is 4.90. The van der Waals surface area contributed by atoms with E-state index in [4.69, 9.17) is 0 Å². The number of hydrogen-bond donors (Lipinski definition) is 1. The third-order valence-corrected chi connectivity index (χ3v) is 4.90. The summed E-state index contributed by atoms with van der Waals surface area (Å²) in [6, 6.07) is 2.26. The fraction of sp³-hybridized carbons (Fsp3) is 0.824. The van der Waals surface area contributed by atoms with Gasteiger partial charge in [0.15, 0.2) is 0 Å². The molecule has 1 aromatic heterocycles. The quantitative estimate of drug-likeness (QED) is 0.821. The molecule has 0 saturated heterocycles. The summed E-state index contributed by atoms with van der Waals surface area (Å²) in [5.74, 6) is 2.38. The highest BCUT2D eigenvalue weighted by Gasteiger charge is 2.32. The van der Waals surface area contributed by atoms with Crippen LogP contribution >= 0.6 is 0 Å². The second-order valence-corrected chi connectivity index (χ2v) is 6.24. The van der Waals surface area contributed by atoms with Gasteiger partial charge < -0.3 is 5.32 Å². The predicted molar refractivity (Wildman–Crippen MR) is 84.9 cm³/mol. The summed E-state index contributed by atoms with van der Waals surface area (Å²) in [7, 11) is 0. The van der Waals surface area contributed by atoms with Gasteiger partial charge in [0.05, 0.1) is 0 Å². The summed E-state index contributed by atoms with van der Waals surface area (Å²) < 4.78 is 2.25. The highest BCUT2D eigenvalue weighted by molar-refractivity contribution is 5.11. The SMILES string of the molecule is CCCn1nccc1C1CC(CC)CCC1CNCC. The van der Waals surface area contributed by atoms with Crippen LogP contribution in [0.15, 0.2) is 12.3 Å². The monoisotopic (exact) mass is 277 g/mol. The zero-order valence-corrected chi connectivity index (χ0v) is 13.4. The summed E-state index contributed by atoms with van der Waals surface area (Å²) >= 11 is 0. The van der Waals surface area contributed by atoms with E-state index in [0.717, 1.165) is 37.9 Å². The van der Waals surface area contributed by atoms with Gasteiger partial charge in [-0.05, 0) is 50.3 Å². The fourth-order valence-corrected chi connectivity index (χ4v) is 3.68. The van der Waals surface area contributed by atoms with Crippen molar-refractivity contribution in [2.24, 2.45) is 11.8 Å². The molecule has 114 valence electrons. The molecule has 2 rings (SSSR count). The highest BCUT2D eigenvalue weighted by Crippen LogP contribution is 2.41. The maximum atomic E-state index is 4.54. The molecule has 0 amide bonds. The molecule has 1 heterocycles. The Kier molecular flexibility index (Phi) is 6.08. The molecule has 3 unspecified atom stereocenters. The molecule has 0 aliphatic heterocycles. The first-order valence-corrected chi connectivity index (χ1v) is 8.52. The first-order chi connectivity index (χ1) is 9.80. The minimum Gasteiger partial charge on any atom is -0.317 e. The zero-order chi connectivity index (χ0) is 14.4. The van der Waals surface area contributed by atoms with Crippen LogP contribution in [0, 0.1) is 11.8 Å². The van der Waals surface area contributed by atoms with Gasteiger partial charge in [-0.25, -0.2) is 0 Å². The number of nitrogens with one attached hydrogen (secondary N) is 1. The Morgan fingerprint density at radius 3 is 2.85 bits per heavy atom. The average Bonchev–Trinajstić information content (AvgIpc) is 2.93. The summed E-state index contributed by atoms with van der Waals surface area (Å²) in [5, 5.41) is 8.11. The van der Waals surface area contributed by atoms with Gasteiger partial charge in [0.1, 0.15) is 0 Å². The van der Waals surface area contributed by atoms with E-state index < -0.39 is 0 Å². The van der Waals surface area contributed by atoms with Gasteiger partial charge in [0, 0.05) is 24.4 Å². The van der Waals surface area contributed by atoms with Crippen LogP contribution in [-0.4, -0.2) is 22.9 Å². The van der Waals surface area contributed by atoms with Crippen molar-refractivity contribution in [3.63, 3.8) is 0 Å². The van der Waals surface area contributed by atoms with Gasteiger partial charge in [-0.2, -0.15) is 5.10 Å². The van der Waals surface area contributed by atoms with Crippen molar-refractivity contribution in [1.29, 1.82) is 0 Å². The molecule has 1 aliphatic rings. The Morgan fingerprint density at radius 1 is 1.30 bits per heavy atom. The van der Waals surface area contributed by atoms with Crippen molar-refractivity contribution < 1.29 is 0 Å². The van der Waals surface area contributed by atoms with Gasteiger partial charge in [-0.15, -0.1) is 0 Å². The van der Waals surface area contributed by atoms with Crippen LogP contribution in [0.3, 0.4) is 0 Å². The summed E-state index contributed by atoms with van der Waals surface area (Å²) in [5.41, 5.74) is 1.48. The minimum absolute atomic E-state index is 0.696. The second-order valence-electron chi connectivity index (χ2n) is 6.24. The van der Waals surface area contributed by atoms with E-state index in [-0.39, 0.29) is 0 Å². The molecule has 0 aromatic carbocycles. The number of aromatic nitrogens is 2. The molecule has 20 heavy (non-hydrogen) atoms. The molecular formula is C17H31N3. The molecule has 3 heteroatoms. The lowest BCUT2D eigenvalue weighted by Gasteiger charge is -2.36. The standard InChI is InChI=1S/C17H31N3/c1-4-11-20-17(9-10-19-20)16-12-14(5-2)7-8-15(16)13-18-6-3/h9-10,14-16,18H,4-8,11-13H2,1-3H3. The van der Waals surface area contributed by atoms with Crippen LogP contribution in [0.25, 0.3) is 0 Å². The fourth-order valence-electron chi connectivity index (χ4n) is 3.68. The summed E-state index contributed by atoms with van der Waals surface area (Å²) in [4.78, 5) is 0. The van der Waals surface area contributed by atoms with Gasteiger partial charge in [0.25, 0.3) is 0 Å². The second kappa shape index (κ2) is 7.82. The molecule has 3 atom stereocenters. The van der Waals surface area contributed by atoms with Gasteiger partial charge in [-0.3, -0.25) is 4.68 Å². The Bertz CT molecular complexity index is 385. The van der Waals surface area contributed by atoms with Crippen LogP contribution < -0.4 is 5.32 Å². The molecular weight excluding hydrogens is 246 g/mol. The Balaban J connectivity index is 2.14. The Hall–Kier alpha value is -0.830. The molecule has 3 nitrogen and oxygen atoms in total. The van der Waals surface area contributed by atoms with Crippen molar-refractivity contribution in [3.8, 4) is 0 Å². The number of nitrogens with zero attached hydrogens (tertiary/aromatic N) is 2. The van der Waals surface area contributed by atoms with E-state index in [1.165, 1.54) is 31.4 Å². The molecule has 1 N–H and O–H groups in total. The van der Waals surface area contributed by atoms with E-state index in [1.807, 2.05) is 6.20 Å². The van der Waals surface area contributed by atoms with E-state index >= 15 is 0 Å². The molecule has 1 saturated carbocycles. The van der Waals surface area contributed by atoms with Crippen molar-refractivity contribution in [3.05, 3.63) is 18.0 Å². The first kappa shape index (κ1) is 15.6. The Morgan fingerprint density at radius 2 is 2.15 bits per heavy atom. The number of rotatable bonds is 7. The number of aryl methyl sites for hydroxylation is 1. The van der Waals surface area contributed by atoms with Crippen molar-refractivity contribution in [1.82, 2.24) is 15.1 Å². The maximum absolute atomic E-state index is 4.54.